The molecule has 0 saturated carbocycles. The van der Waals surface area contributed by atoms with Crippen molar-refractivity contribution < 1.29 is 4.11 Å². The summed E-state index contributed by atoms with van der Waals surface area (Å²) in [6, 6.07) is 15.7. The number of pyridine rings is 1. The van der Waals surface area contributed by atoms with Gasteiger partial charge in [-0.25, -0.2) is 0 Å². The molecule has 0 unspecified atom stereocenters. The van der Waals surface area contributed by atoms with Gasteiger partial charge >= 0.3 is 147 Å². The van der Waals surface area contributed by atoms with Gasteiger partial charge < -0.3 is 0 Å². The van der Waals surface area contributed by atoms with E-state index in [1.807, 2.05) is 48.5 Å². The Morgan fingerprint density at radius 3 is 2.61 bits per heavy atom. The number of rotatable bonds is 1. The normalized spacial score (nSPS) is 15.2. The minimum atomic E-state index is -2.25. The first-order valence-electron chi connectivity index (χ1n) is 9.00. The molecule has 114 valence electrons. The predicted octanol–water partition coefficient (Wildman–Crippen LogP) is 3.10. The number of hydrogen-bond acceptors (Lipinski definition) is 2. The van der Waals surface area contributed by atoms with Crippen molar-refractivity contribution >= 4 is 35.3 Å². The fraction of sp³-hybridized carbons (Fsp3) is 0.150. The van der Waals surface area contributed by atoms with Crippen molar-refractivity contribution in [1.82, 2.24) is 4.98 Å². The topological polar surface area (TPSA) is 16.1 Å². The first-order chi connectivity index (χ1) is 12.4. The van der Waals surface area contributed by atoms with Crippen LogP contribution >= 0.6 is 0 Å². The molecule has 2 aromatic carbocycles. The van der Waals surface area contributed by atoms with Crippen LogP contribution in [-0.4, -0.2) is 26.9 Å². The summed E-state index contributed by atoms with van der Waals surface area (Å²) >= 11 is 0.0106. The van der Waals surface area contributed by atoms with Gasteiger partial charge in [0.05, 0.1) is 0 Å². The van der Waals surface area contributed by atoms with E-state index < -0.39 is 6.98 Å². The third-order valence-corrected chi connectivity index (χ3v) is 7.11. The quantitative estimate of drug-likeness (QED) is 0.614. The van der Waals surface area contributed by atoms with E-state index in [0.29, 0.717) is 0 Å². The second-order valence-electron chi connectivity index (χ2n) is 5.66. The van der Waals surface area contributed by atoms with Gasteiger partial charge in [0, 0.05) is 0 Å². The van der Waals surface area contributed by atoms with Gasteiger partial charge in [-0.1, -0.05) is 0 Å². The Hall–Kier alpha value is -2.09. The summed E-state index contributed by atoms with van der Waals surface area (Å²) in [5.74, 6) is 0. The van der Waals surface area contributed by atoms with Crippen molar-refractivity contribution in [1.29, 1.82) is 0 Å². The van der Waals surface area contributed by atoms with Gasteiger partial charge in [-0.2, -0.15) is 0 Å². The van der Waals surface area contributed by atoms with Crippen molar-refractivity contribution in [2.75, 3.05) is 11.9 Å². The molecule has 1 aliphatic rings. The molecule has 0 radical (unpaired) electrons. The van der Waals surface area contributed by atoms with Crippen LogP contribution in [0.15, 0.2) is 54.7 Å². The van der Waals surface area contributed by atoms with Crippen LogP contribution in [0.2, 0.25) is 0 Å². The van der Waals surface area contributed by atoms with Crippen LogP contribution in [0.5, 0.6) is 0 Å². The third-order valence-electron chi connectivity index (χ3n) is 4.28. The molecule has 23 heavy (non-hydrogen) atoms. The first kappa shape index (κ1) is 11.4. The molecule has 4 rings (SSSR count). The van der Waals surface area contributed by atoms with E-state index in [-0.39, 0.29) is 15.0 Å². The molecule has 0 saturated heterocycles. The summed E-state index contributed by atoms with van der Waals surface area (Å²) < 4.78 is 26.6. The molecular weight excluding hydrogens is 347 g/mol. The molecule has 0 bridgehead atoms. The van der Waals surface area contributed by atoms with Gasteiger partial charge in [0.2, 0.25) is 0 Å². The Bertz CT molecular complexity index is 984. The van der Waals surface area contributed by atoms with E-state index in [1.165, 1.54) is 16.0 Å². The van der Waals surface area contributed by atoms with Crippen LogP contribution in [0.3, 0.4) is 0 Å². The average molecular weight is 368 g/mol. The summed E-state index contributed by atoms with van der Waals surface area (Å²) in [7, 11) is 0. The SMILES string of the molecule is [2H]C([2H])([2H])N1c2cccc(-c3ccccn3)c2[Se]c2c1ccc(C)c2C. The molecule has 0 fully saturated rings. The Balaban J connectivity index is 2.01. The summed E-state index contributed by atoms with van der Waals surface area (Å²) in [4.78, 5) is 6.01. The fourth-order valence-corrected chi connectivity index (χ4v) is 5.63. The Morgan fingerprint density at radius 2 is 1.83 bits per heavy atom. The summed E-state index contributed by atoms with van der Waals surface area (Å²) in [5, 5.41) is 0. The van der Waals surface area contributed by atoms with Crippen molar-refractivity contribution in [2.24, 2.45) is 0 Å². The van der Waals surface area contributed by atoms with Crippen LogP contribution in [0.1, 0.15) is 15.2 Å². The Labute approximate surface area is 147 Å². The molecule has 1 aliphatic heterocycles. The molecule has 2 nitrogen and oxygen atoms in total. The van der Waals surface area contributed by atoms with Crippen molar-refractivity contribution in [3.63, 3.8) is 0 Å². The van der Waals surface area contributed by atoms with Gasteiger partial charge in [0.25, 0.3) is 0 Å². The Kier molecular flexibility index (Phi) is 2.75. The van der Waals surface area contributed by atoms with Gasteiger partial charge in [0.15, 0.2) is 0 Å². The van der Waals surface area contributed by atoms with Crippen LogP contribution in [0, 0.1) is 13.8 Å². The maximum atomic E-state index is 8.14. The van der Waals surface area contributed by atoms with Gasteiger partial charge in [-0.15, -0.1) is 0 Å². The van der Waals surface area contributed by atoms with E-state index in [1.54, 1.807) is 6.20 Å². The van der Waals surface area contributed by atoms with E-state index in [0.717, 1.165) is 31.6 Å². The van der Waals surface area contributed by atoms with Gasteiger partial charge in [-0.05, 0) is 0 Å². The molecule has 0 aliphatic carbocycles. The van der Waals surface area contributed by atoms with Crippen LogP contribution in [0.4, 0.5) is 11.4 Å². The summed E-state index contributed by atoms with van der Waals surface area (Å²) in [6.45, 7) is 1.91. The number of benzene rings is 2. The first-order valence-corrected chi connectivity index (χ1v) is 9.22. The fourth-order valence-electron chi connectivity index (χ4n) is 2.84. The standard InChI is InChI=1S/C20H18N2Se/c1-13-10-11-18-19(14(13)2)23-20-15(16-8-4-5-12-21-16)7-6-9-17(20)22(18)3/h4-12H,1-3H3/i3D3. The second-order valence-corrected chi connectivity index (χ2v) is 7.80. The van der Waals surface area contributed by atoms with E-state index in [4.69, 9.17) is 4.11 Å². The van der Waals surface area contributed by atoms with Gasteiger partial charge in [0.1, 0.15) is 0 Å². The van der Waals surface area contributed by atoms with Crippen molar-refractivity contribution in [2.45, 2.75) is 13.8 Å². The molecular formula is C20H18N2Se. The van der Waals surface area contributed by atoms with Crippen LogP contribution in [0.25, 0.3) is 11.3 Å². The molecule has 0 atom stereocenters. The molecule has 2 heterocycles. The predicted molar refractivity (Wildman–Crippen MR) is 98.7 cm³/mol. The monoisotopic (exact) mass is 369 g/mol. The van der Waals surface area contributed by atoms with Gasteiger partial charge in [-0.3, -0.25) is 0 Å². The van der Waals surface area contributed by atoms with Crippen LogP contribution < -0.4 is 13.8 Å². The molecule has 0 spiro atoms. The number of hydrogen-bond donors (Lipinski definition) is 0. The zero-order valence-corrected chi connectivity index (χ0v) is 14.7. The van der Waals surface area contributed by atoms with E-state index >= 15 is 0 Å². The zero-order valence-electron chi connectivity index (χ0n) is 16.0. The van der Waals surface area contributed by atoms with E-state index in [9.17, 15) is 0 Å². The van der Waals surface area contributed by atoms with Crippen molar-refractivity contribution in [3.8, 4) is 11.3 Å². The zero-order chi connectivity index (χ0) is 18.5. The number of aromatic nitrogens is 1. The number of fused-ring (bicyclic) bond motifs is 2. The maximum absolute atomic E-state index is 8.14. The molecule has 3 heteroatoms. The molecule has 0 amide bonds. The molecule has 1 aromatic heterocycles. The summed E-state index contributed by atoms with van der Waals surface area (Å²) in [5.41, 5.74) is 5.84. The minimum absolute atomic E-state index is 0.0106. The van der Waals surface area contributed by atoms with E-state index in [2.05, 4.69) is 18.8 Å². The number of anilines is 2. The number of nitrogens with zero attached hydrogens (tertiary/aromatic N) is 2. The molecule has 0 N–H and O–H groups in total. The summed E-state index contributed by atoms with van der Waals surface area (Å²) in [6.07, 6.45) is 1.77. The van der Waals surface area contributed by atoms with Crippen molar-refractivity contribution in [3.05, 3.63) is 65.9 Å². The average Bonchev–Trinajstić information content (AvgIpc) is 2.62. The second kappa shape index (κ2) is 5.52. The van der Waals surface area contributed by atoms with Crippen LogP contribution in [-0.2, 0) is 0 Å². The third kappa shape index (κ3) is 2.28. The number of aryl methyl sites for hydroxylation is 1. The Morgan fingerprint density at radius 1 is 0.957 bits per heavy atom. The molecule has 3 aromatic rings.